The largest absolute Gasteiger partial charge is 0.448 e. The molecule has 0 unspecified atom stereocenters. The summed E-state index contributed by atoms with van der Waals surface area (Å²) in [5.74, 6) is 0.110. The Kier molecular flexibility index (Phi) is 3.58. The molecule has 0 aliphatic carbocycles. The lowest BCUT2D eigenvalue weighted by Gasteiger charge is -2.29. The van der Waals surface area contributed by atoms with Crippen molar-refractivity contribution in [1.82, 2.24) is 9.80 Å². The summed E-state index contributed by atoms with van der Waals surface area (Å²) < 4.78 is 4.85. The first-order valence-corrected chi connectivity index (χ1v) is 7.00. The second-order valence-electron chi connectivity index (χ2n) is 5.19. The van der Waals surface area contributed by atoms with Gasteiger partial charge in [0.15, 0.2) is 0 Å². The van der Waals surface area contributed by atoms with E-state index in [0.29, 0.717) is 32.7 Å². The van der Waals surface area contributed by atoms with Crippen LogP contribution in [0.2, 0.25) is 0 Å². The van der Waals surface area contributed by atoms with Crippen molar-refractivity contribution in [1.29, 1.82) is 0 Å². The smallest absolute Gasteiger partial charge is 0.409 e. The molecule has 1 aromatic rings. The fourth-order valence-electron chi connectivity index (χ4n) is 2.73. The molecule has 0 aromatic heterocycles. The molecule has 0 spiro atoms. The molecule has 1 aromatic carbocycles. The molecule has 0 atom stereocenters. The summed E-state index contributed by atoms with van der Waals surface area (Å²) >= 11 is 0. The number of hydrogen-bond acceptors (Lipinski definition) is 3. The normalized spacial score (nSPS) is 17.9. The number of rotatable bonds is 3. The highest BCUT2D eigenvalue weighted by atomic mass is 16.6. The van der Waals surface area contributed by atoms with E-state index in [4.69, 9.17) is 4.74 Å². The van der Waals surface area contributed by atoms with Gasteiger partial charge in [-0.2, -0.15) is 0 Å². The molecule has 0 saturated carbocycles. The van der Waals surface area contributed by atoms with Gasteiger partial charge in [-0.05, 0) is 17.5 Å². The van der Waals surface area contributed by atoms with Crippen LogP contribution in [0, 0.1) is 0 Å². The van der Waals surface area contributed by atoms with Crippen molar-refractivity contribution >= 4 is 12.0 Å². The first kappa shape index (κ1) is 13.0. The highest BCUT2D eigenvalue weighted by molar-refractivity contribution is 5.77. The average Bonchev–Trinajstić information content (AvgIpc) is 2.89. The van der Waals surface area contributed by atoms with Crippen LogP contribution >= 0.6 is 0 Å². The highest BCUT2D eigenvalue weighted by Crippen LogP contribution is 2.19. The third kappa shape index (κ3) is 2.61. The number of amides is 2. The summed E-state index contributed by atoms with van der Waals surface area (Å²) in [7, 11) is 0. The van der Waals surface area contributed by atoms with E-state index in [2.05, 4.69) is 12.1 Å². The minimum absolute atomic E-state index is 0.110. The third-order valence-electron chi connectivity index (χ3n) is 3.92. The van der Waals surface area contributed by atoms with E-state index in [-0.39, 0.29) is 12.0 Å². The maximum absolute atomic E-state index is 12.2. The molecular weight excluding hydrogens is 256 g/mol. The Bertz CT molecular complexity index is 530. The lowest BCUT2D eigenvalue weighted by Crippen LogP contribution is -2.38. The number of fused-ring (bicyclic) bond motifs is 1. The molecule has 20 heavy (non-hydrogen) atoms. The van der Waals surface area contributed by atoms with Gasteiger partial charge in [0.05, 0.1) is 6.54 Å². The van der Waals surface area contributed by atoms with Gasteiger partial charge in [0, 0.05) is 26.1 Å². The van der Waals surface area contributed by atoms with E-state index in [9.17, 15) is 9.59 Å². The van der Waals surface area contributed by atoms with E-state index in [1.807, 2.05) is 17.0 Å². The number of cyclic esters (lactones) is 1. The van der Waals surface area contributed by atoms with E-state index < -0.39 is 0 Å². The lowest BCUT2D eigenvalue weighted by atomic mass is 10.00. The second-order valence-corrected chi connectivity index (χ2v) is 5.19. The van der Waals surface area contributed by atoms with Gasteiger partial charge in [-0.25, -0.2) is 4.79 Å². The molecule has 106 valence electrons. The molecule has 0 radical (unpaired) electrons. The Morgan fingerprint density at radius 1 is 1.20 bits per heavy atom. The van der Waals surface area contributed by atoms with Gasteiger partial charge in [0.2, 0.25) is 5.91 Å². The predicted molar refractivity (Wildman–Crippen MR) is 73.1 cm³/mol. The van der Waals surface area contributed by atoms with Gasteiger partial charge >= 0.3 is 6.09 Å². The number of hydrogen-bond donors (Lipinski definition) is 0. The lowest BCUT2D eigenvalue weighted by molar-refractivity contribution is -0.132. The summed E-state index contributed by atoms with van der Waals surface area (Å²) in [5.41, 5.74) is 2.56. The summed E-state index contributed by atoms with van der Waals surface area (Å²) in [5, 5.41) is 0. The number of benzene rings is 1. The molecule has 2 heterocycles. The van der Waals surface area contributed by atoms with E-state index >= 15 is 0 Å². The average molecular weight is 274 g/mol. The maximum atomic E-state index is 12.2. The molecule has 5 nitrogen and oxygen atoms in total. The highest BCUT2D eigenvalue weighted by Gasteiger charge is 2.25. The topological polar surface area (TPSA) is 49.9 Å². The van der Waals surface area contributed by atoms with Crippen molar-refractivity contribution in [2.24, 2.45) is 0 Å². The zero-order valence-electron chi connectivity index (χ0n) is 11.4. The van der Waals surface area contributed by atoms with Crippen molar-refractivity contribution in [3.05, 3.63) is 35.4 Å². The van der Waals surface area contributed by atoms with Crippen LogP contribution in [0.1, 0.15) is 17.5 Å². The Labute approximate surface area is 118 Å². The van der Waals surface area contributed by atoms with E-state index in [1.54, 1.807) is 4.90 Å². The van der Waals surface area contributed by atoms with Crippen LogP contribution in [0.15, 0.2) is 24.3 Å². The maximum Gasteiger partial charge on any atom is 0.409 e. The molecule has 2 aliphatic heterocycles. The SMILES string of the molecule is O=C(CCN1CCOC1=O)N1CCc2ccccc2C1. The number of carbonyl (C=O) groups excluding carboxylic acids is 2. The molecule has 3 rings (SSSR count). The fraction of sp³-hybridized carbons (Fsp3) is 0.467. The molecule has 1 saturated heterocycles. The van der Waals surface area contributed by atoms with Crippen LogP contribution in [-0.4, -0.2) is 48.0 Å². The molecule has 2 amide bonds. The fourth-order valence-corrected chi connectivity index (χ4v) is 2.73. The van der Waals surface area contributed by atoms with Gasteiger partial charge in [-0.15, -0.1) is 0 Å². The molecule has 0 bridgehead atoms. The molecule has 0 N–H and O–H groups in total. The minimum atomic E-state index is -0.304. The summed E-state index contributed by atoms with van der Waals surface area (Å²) in [6.45, 7) is 2.93. The zero-order chi connectivity index (χ0) is 13.9. The number of nitrogens with zero attached hydrogens (tertiary/aromatic N) is 2. The van der Waals surface area contributed by atoms with Crippen LogP contribution < -0.4 is 0 Å². The van der Waals surface area contributed by atoms with Gasteiger partial charge < -0.3 is 14.5 Å². The molecular formula is C15H18N2O3. The van der Waals surface area contributed by atoms with Crippen LogP contribution in [0.4, 0.5) is 4.79 Å². The number of carbonyl (C=O) groups is 2. The predicted octanol–water partition coefficient (Wildman–Crippen LogP) is 1.41. The van der Waals surface area contributed by atoms with Gasteiger partial charge in [-0.3, -0.25) is 4.79 Å². The van der Waals surface area contributed by atoms with Crippen molar-refractivity contribution in [2.45, 2.75) is 19.4 Å². The monoisotopic (exact) mass is 274 g/mol. The van der Waals surface area contributed by atoms with Crippen LogP contribution in [-0.2, 0) is 22.5 Å². The third-order valence-corrected chi connectivity index (χ3v) is 3.92. The molecule has 5 heteroatoms. The van der Waals surface area contributed by atoms with Crippen molar-refractivity contribution in [2.75, 3.05) is 26.2 Å². The Balaban J connectivity index is 1.55. The van der Waals surface area contributed by atoms with Gasteiger partial charge in [-0.1, -0.05) is 24.3 Å². The minimum Gasteiger partial charge on any atom is -0.448 e. The summed E-state index contributed by atoms with van der Waals surface area (Å²) in [6.07, 6.45) is 0.979. The summed E-state index contributed by atoms with van der Waals surface area (Å²) in [6, 6.07) is 8.24. The van der Waals surface area contributed by atoms with Crippen LogP contribution in [0.25, 0.3) is 0 Å². The van der Waals surface area contributed by atoms with Gasteiger partial charge in [0.1, 0.15) is 6.61 Å². The van der Waals surface area contributed by atoms with Crippen molar-refractivity contribution in [3.63, 3.8) is 0 Å². The Morgan fingerprint density at radius 2 is 2.00 bits per heavy atom. The zero-order valence-corrected chi connectivity index (χ0v) is 11.4. The molecule has 2 aliphatic rings. The van der Waals surface area contributed by atoms with E-state index in [0.717, 1.165) is 13.0 Å². The first-order valence-electron chi connectivity index (χ1n) is 7.00. The standard InChI is InChI=1S/C15H18N2O3/c18-14(6-8-16-9-10-20-15(16)19)17-7-5-12-3-1-2-4-13(12)11-17/h1-4H,5-11H2. The Morgan fingerprint density at radius 3 is 2.75 bits per heavy atom. The van der Waals surface area contributed by atoms with Gasteiger partial charge in [0.25, 0.3) is 0 Å². The number of ether oxygens (including phenoxy) is 1. The first-order chi connectivity index (χ1) is 9.74. The quantitative estimate of drug-likeness (QED) is 0.837. The van der Waals surface area contributed by atoms with Crippen molar-refractivity contribution < 1.29 is 14.3 Å². The Hall–Kier alpha value is -2.04. The van der Waals surface area contributed by atoms with Crippen LogP contribution in [0.5, 0.6) is 0 Å². The van der Waals surface area contributed by atoms with Crippen molar-refractivity contribution in [3.8, 4) is 0 Å². The molecule has 1 fully saturated rings. The second kappa shape index (κ2) is 5.53. The van der Waals surface area contributed by atoms with Crippen LogP contribution in [0.3, 0.4) is 0 Å². The van der Waals surface area contributed by atoms with E-state index in [1.165, 1.54) is 11.1 Å². The summed E-state index contributed by atoms with van der Waals surface area (Å²) in [4.78, 5) is 27.0.